The van der Waals surface area contributed by atoms with E-state index in [0.29, 0.717) is 0 Å². The van der Waals surface area contributed by atoms with Crippen LogP contribution >= 0.6 is 0 Å². The van der Waals surface area contributed by atoms with Crippen LogP contribution in [0.2, 0.25) is 0 Å². The largest absolute Gasteiger partial charge is 0.453 e. The Labute approximate surface area is 146 Å². The van der Waals surface area contributed by atoms with Crippen LogP contribution in [0.25, 0.3) is 0 Å². The van der Waals surface area contributed by atoms with Gasteiger partial charge < -0.3 is 10.1 Å². The molecule has 2 aromatic rings. The summed E-state index contributed by atoms with van der Waals surface area (Å²) in [4.78, 5) is 0. The molecule has 1 N–H and O–H groups in total. The molecule has 0 unspecified atom stereocenters. The number of unbranched alkanes of at least 4 members (excludes halogenated alkanes) is 4. The molecule has 1 aliphatic rings. The highest BCUT2D eigenvalue weighted by Gasteiger charge is 2.17. The predicted molar refractivity (Wildman–Crippen MR) is 103 cm³/mol. The van der Waals surface area contributed by atoms with Gasteiger partial charge in [0.2, 0.25) is 0 Å². The molecule has 0 radical (unpaired) electrons. The molecule has 0 bridgehead atoms. The van der Waals surface area contributed by atoms with E-state index in [4.69, 9.17) is 4.74 Å². The van der Waals surface area contributed by atoms with Gasteiger partial charge in [0.25, 0.3) is 0 Å². The molecule has 0 spiro atoms. The Balaban J connectivity index is 1.71. The highest BCUT2D eigenvalue weighted by Crippen LogP contribution is 2.42. The molecule has 1 heterocycles. The maximum absolute atomic E-state index is 6.21. The fraction of sp³-hybridized carbons (Fsp3) is 0.455. The van der Waals surface area contributed by atoms with Crippen LogP contribution in [0.1, 0.15) is 63.5 Å². The zero-order valence-electron chi connectivity index (χ0n) is 15.0. The van der Waals surface area contributed by atoms with Gasteiger partial charge in [-0.1, -0.05) is 51.7 Å². The Bertz CT molecular complexity index is 620. The average molecular weight is 323 g/mol. The van der Waals surface area contributed by atoms with Crippen LogP contribution in [-0.2, 0) is 12.8 Å². The Kier molecular flexibility index (Phi) is 5.79. The first kappa shape index (κ1) is 16.9. The van der Waals surface area contributed by atoms with E-state index in [0.717, 1.165) is 35.7 Å². The van der Waals surface area contributed by atoms with E-state index in [1.54, 1.807) is 0 Å². The first-order valence-corrected chi connectivity index (χ1v) is 9.51. The fourth-order valence-electron chi connectivity index (χ4n) is 3.24. The van der Waals surface area contributed by atoms with Crippen LogP contribution in [0.3, 0.4) is 0 Å². The monoisotopic (exact) mass is 323 g/mol. The minimum Gasteiger partial charge on any atom is -0.453 e. The normalized spacial score (nSPS) is 12.1. The lowest BCUT2D eigenvalue weighted by molar-refractivity contribution is 0.479. The van der Waals surface area contributed by atoms with Crippen molar-refractivity contribution in [2.45, 2.75) is 65.2 Å². The van der Waals surface area contributed by atoms with Crippen molar-refractivity contribution in [1.29, 1.82) is 0 Å². The van der Waals surface area contributed by atoms with Crippen LogP contribution in [0.5, 0.6) is 11.5 Å². The summed E-state index contributed by atoms with van der Waals surface area (Å²) in [7, 11) is 0. The van der Waals surface area contributed by atoms with Crippen molar-refractivity contribution < 1.29 is 4.74 Å². The molecule has 128 valence electrons. The molecule has 0 amide bonds. The number of hydrogen-bond donors (Lipinski definition) is 1. The molecule has 0 aromatic heterocycles. The molecule has 1 aliphatic heterocycles. The Hall–Kier alpha value is -1.96. The summed E-state index contributed by atoms with van der Waals surface area (Å²) < 4.78 is 6.21. The molecule has 0 saturated heterocycles. The maximum atomic E-state index is 6.21. The molecule has 2 heteroatoms. The number of hydrogen-bond acceptors (Lipinski definition) is 2. The first-order chi connectivity index (χ1) is 11.8. The van der Waals surface area contributed by atoms with Gasteiger partial charge in [0, 0.05) is 0 Å². The van der Waals surface area contributed by atoms with Crippen molar-refractivity contribution in [3.05, 3.63) is 47.5 Å². The zero-order valence-corrected chi connectivity index (χ0v) is 15.0. The Morgan fingerprint density at radius 3 is 1.67 bits per heavy atom. The van der Waals surface area contributed by atoms with E-state index in [2.05, 4.69) is 55.6 Å². The van der Waals surface area contributed by atoms with Gasteiger partial charge in [-0.2, -0.15) is 0 Å². The molecule has 0 aliphatic carbocycles. The lowest BCUT2D eigenvalue weighted by Gasteiger charge is -2.23. The van der Waals surface area contributed by atoms with Crippen molar-refractivity contribution in [3.8, 4) is 11.5 Å². The third kappa shape index (κ3) is 4.11. The molecule has 2 aromatic carbocycles. The standard InChI is InChI=1S/C22H29NO/c1-3-5-7-9-17-11-13-19-21(15-17)24-22-16-18(10-8-6-4-2)12-14-20(22)23-19/h11-16,23H,3-10H2,1-2H3. The Morgan fingerprint density at radius 2 is 1.21 bits per heavy atom. The fourth-order valence-corrected chi connectivity index (χ4v) is 3.24. The lowest BCUT2D eigenvalue weighted by atomic mass is 10.0. The molecule has 3 rings (SSSR count). The number of ether oxygens (including phenoxy) is 1. The number of aryl methyl sites for hydroxylation is 2. The van der Waals surface area contributed by atoms with Gasteiger partial charge in [-0.25, -0.2) is 0 Å². The van der Waals surface area contributed by atoms with Gasteiger partial charge in [0.05, 0.1) is 11.4 Å². The maximum Gasteiger partial charge on any atom is 0.151 e. The van der Waals surface area contributed by atoms with Crippen LogP contribution < -0.4 is 10.1 Å². The number of nitrogens with one attached hydrogen (secondary N) is 1. The van der Waals surface area contributed by atoms with Gasteiger partial charge in [-0.05, 0) is 61.1 Å². The van der Waals surface area contributed by atoms with E-state index in [-0.39, 0.29) is 0 Å². The van der Waals surface area contributed by atoms with Crippen LogP contribution in [0.15, 0.2) is 36.4 Å². The van der Waals surface area contributed by atoms with E-state index in [1.807, 2.05) is 0 Å². The van der Waals surface area contributed by atoms with Crippen LogP contribution in [0, 0.1) is 0 Å². The van der Waals surface area contributed by atoms with E-state index in [1.165, 1.54) is 49.7 Å². The third-order valence-corrected chi connectivity index (χ3v) is 4.72. The second kappa shape index (κ2) is 8.23. The number of benzene rings is 2. The molecule has 2 nitrogen and oxygen atoms in total. The summed E-state index contributed by atoms with van der Waals surface area (Å²) in [5, 5.41) is 3.50. The summed E-state index contributed by atoms with van der Waals surface area (Å²) in [5.41, 5.74) is 4.87. The van der Waals surface area contributed by atoms with E-state index < -0.39 is 0 Å². The first-order valence-electron chi connectivity index (χ1n) is 9.51. The minimum atomic E-state index is 0.960. The summed E-state index contributed by atoms with van der Waals surface area (Å²) in [6.45, 7) is 4.49. The second-order valence-corrected chi connectivity index (χ2v) is 6.80. The number of anilines is 2. The molecule has 0 saturated carbocycles. The lowest BCUT2D eigenvalue weighted by Crippen LogP contribution is -2.04. The quantitative estimate of drug-likeness (QED) is 0.450. The van der Waals surface area contributed by atoms with Crippen molar-refractivity contribution in [3.63, 3.8) is 0 Å². The van der Waals surface area contributed by atoms with E-state index >= 15 is 0 Å². The van der Waals surface area contributed by atoms with Gasteiger partial charge >= 0.3 is 0 Å². The van der Waals surface area contributed by atoms with Gasteiger partial charge in [-0.3, -0.25) is 0 Å². The van der Waals surface area contributed by atoms with Gasteiger partial charge in [0.15, 0.2) is 11.5 Å². The molecule has 0 atom stereocenters. The van der Waals surface area contributed by atoms with Crippen LogP contribution in [0.4, 0.5) is 11.4 Å². The summed E-state index contributed by atoms with van der Waals surface area (Å²) in [6, 6.07) is 13.1. The Morgan fingerprint density at radius 1 is 0.708 bits per heavy atom. The third-order valence-electron chi connectivity index (χ3n) is 4.72. The smallest absolute Gasteiger partial charge is 0.151 e. The SMILES string of the molecule is CCCCCc1ccc2c(c1)Oc1cc(CCCCC)ccc1N2. The molecule has 0 fully saturated rings. The minimum absolute atomic E-state index is 0.960. The summed E-state index contributed by atoms with van der Waals surface area (Å²) in [6.07, 6.45) is 9.87. The summed E-state index contributed by atoms with van der Waals surface area (Å²) >= 11 is 0. The van der Waals surface area contributed by atoms with Crippen molar-refractivity contribution in [1.82, 2.24) is 0 Å². The van der Waals surface area contributed by atoms with Gasteiger partial charge in [-0.15, -0.1) is 0 Å². The topological polar surface area (TPSA) is 21.3 Å². The van der Waals surface area contributed by atoms with Crippen molar-refractivity contribution in [2.75, 3.05) is 5.32 Å². The number of fused-ring (bicyclic) bond motifs is 2. The van der Waals surface area contributed by atoms with E-state index in [9.17, 15) is 0 Å². The second-order valence-electron chi connectivity index (χ2n) is 6.80. The van der Waals surface area contributed by atoms with Gasteiger partial charge in [0.1, 0.15) is 0 Å². The highest BCUT2D eigenvalue weighted by molar-refractivity contribution is 5.76. The average Bonchev–Trinajstić information content (AvgIpc) is 2.60. The summed E-state index contributed by atoms with van der Waals surface area (Å²) in [5.74, 6) is 1.92. The van der Waals surface area contributed by atoms with Crippen molar-refractivity contribution in [2.24, 2.45) is 0 Å². The van der Waals surface area contributed by atoms with Crippen molar-refractivity contribution >= 4 is 11.4 Å². The van der Waals surface area contributed by atoms with Crippen LogP contribution in [-0.4, -0.2) is 0 Å². The molecule has 24 heavy (non-hydrogen) atoms. The highest BCUT2D eigenvalue weighted by atomic mass is 16.5. The molecular weight excluding hydrogens is 294 g/mol. The predicted octanol–water partition coefficient (Wildman–Crippen LogP) is 7.00. The zero-order chi connectivity index (χ0) is 16.8. The molecular formula is C22H29NO. The number of rotatable bonds is 8.